The number of aliphatic imine (C=N–C) groups is 2. The van der Waals surface area contributed by atoms with Gasteiger partial charge in [0.25, 0.3) is 0 Å². The van der Waals surface area contributed by atoms with Gasteiger partial charge in [-0.05, 0) is 141 Å². The first-order valence-electron chi connectivity index (χ1n) is 27.8. The van der Waals surface area contributed by atoms with Crippen molar-refractivity contribution in [2.75, 3.05) is 26.4 Å². The summed E-state index contributed by atoms with van der Waals surface area (Å²) in [5, 5.41) is 13.3. The fraction of sp³-hybridized carbons (Fsp3) is 0.500. The van der Waals surface area contributed by atoms with E-state index < -0.39 is 35.4 Å². The maximum Gasteiger partial charge on any atom is 0.498 e. The molecule has 0 radical (unpaired) electrons. The lowest BCUT2D eigenvalue weighted by Crippen LogP contribution is -2.41. The third kappa shape index (κ3) is 11.8. The quantitative estimate of drug-likeness (QED) is 0.0820. The summed E-state index contributed by atoms with van der Waals surface area (Å²) in [6.45, 7) is 34.1. The number of esters is 2. The highest BCUT2D eigenvalue weighted by atomic mass is 79.9. The lowest BCUT2D eigenvalue weighted by Gasteiger charge is -2.32. The molecule has 4 aliphatic rings. The normalized spacial score (nSPS) is 16.7. The molecule has 22 nitrogen and oxygen atoms in total. The molecule has 5 aromatic heterocycles. The van der Waals surface area contributed by atoms with E-state index in [1.54, 1.807) is 64.8 Å². The number of halogens is 1. The SMILES string of the molecule is CCOC(=O)C(C)(C)C1N=CC(c2ccc3c(c2)OCCn2cc(-c4nc(C)nn4C(C)C)nc2-3)=N1.CCOC(=O)C(C)(C)n1cc(B2OC(C)(C)C(C)(C)O2)cn1.Cc1nc(-c2cn3c(n2)-c2ccc(Br)cc2OCC3)n(C(C)C)n1. The van der Waals surface area contributed by atoms with Crippen LogP contribution in [0.5, 0.6) is 11.5 Å². The number of benzene rings is 2. The van der Waals surface area contributed by atoms with Crippen LogP contribution in [0.4, 0.5) is 0 Å². The Balaban J connectivity index is 0.000000155. The summed E-state index contributed by atoms with van der Waals surface area (Å²) >= 11 is 3.50. The highest BCUT2D eigenvalue weighted by Crippen LogP contribution is 2.39. The van der Waals surface area contributed by atoms with Gasteiger partial charge in [0, 0.05) is 58.6 Å². The largest absolute Gasteiger partial charge is 0.498 e. The fourth-order valence-corrected chi connectivity index (χ4v) is 9.79. The zero-order valence-corrected chi connectivity index (χ0v) is 51.4. The topological polar surface area (TPSA) is 229 Å². The summed E-state index contributed by atoms with van der Waals surface area (Å²) in [6.07, 6.45) is 8.68. The number of hydrogen-bond donors (Lipinski definition) is 0. The third-order valence-electron chi connectivity index (χ3n) is 14.9. The molecular weight excluding hydrogens is 1110 g/mol. The standard InChI is InChI=1S/C26H31N7O3.C17H18BrN5O.C15H25BN2O4/c1-7-35-25(34)26(5,6)24-27-13-19(30-24)17-8-9-18-21(12-17)36-11-10-32-14-20(29-22(18)32)23-28-16(4)31-33(23)15(2)3;1-10(2)23-17(19-11(3)21-23)14-9-22-6-7-24-15-8-12(18)4-5-13(15)16(22)20-14;1-8-20-12(19)13(2,3)18-10-11(9-17-18)16-21-14(4,5)15(6,7)22-16/h8-9,12-15,24H,7,10-11H2,1-6H3;4-5,8-10H,6-7H2,1-3H3;9-10H,8H2,1-7H3. The molecule has 1 atom stereocenters. The van der Waals surface area contributed by atoms with Crippen LogP contribution in [0, 0.1) is 19.3 Å². The molecule has 1 fully saturated rings. The Morgan fingerprint density at radius 2 is 1.23 bits per heavy atom. The van der Waals surface area contributed by atoms with Gasteiger partial charge in [0.05, 0.1) is 54.3 Å². The minimum atomic E-state index is -0.877. The van der Waals surface area contributed by atoms with E-state index in [2.05, 4.69) is 83.0 Å². The van der Waals surface area contributed by atoms with Crippen molar-refractivity contribution in [3.8, 4) is 57.3 Å². The van der Waals surface area contributed by atoms with Crippen molar-refractivity contribution in [1.82, 2.24) is 58.4 Å². The zero-order chi connectivity index (χ0) is 59.2. The van der Waals surface area contributed by atoms with Crippen LogP contribution in [0.2, 0.25) is 0 Å². The number of fused-ring (bicyclic) bond motifs is 6. The summed E-state index contributed by atoms with van der Waals surface area (Å²) in [7, 11) is -0.489. The van der Waals surface area contributed by atoms with Gasteiger partial charge in [0.2, 0.25) is 0 Å². The number of nitrogens with zero attached hydrogens (tertiary/aromatic N) is 14. The monoisotopic (exact) mass is 1180 g/mol. The molecule has 0 saturated carbocycles. The number of imidazole rings is 2. The zero-order valence-electron chi connectivity index (χ0n) is 49.8. The molecule has 0 amide bonds. The van der Waals surface area contributed by atoms with Gasteiger partial charge >= 0.3 is 19.1 Å². The first-order chi connectivity index (χ1) is 38.7. The second kappa shape index (κ2) is 23.2. The number of ether oxygens (including phenoxy) is 4. The van der Waals surface area contributed by atoms with Gasteiger partial charge < -0.3 is 37.4 Å². The minimum Gasteiger partial charge on any atom is -0.491 e. The highest BCUT2D eigenvalue weighted by Gasteiger charge is 2.52. The van der Waals surface area contributed by atoms with Crippen molar-refractivity contribution in [2.24, 2.45) is 15.4 Å². The molecule has 1 saturated heterocycles. The smallest absolute Gasteiger partial charge is 0.491 e. The van der Waals surface area contributed by atoms with E-state index in [1.807, 2.05) is 99.7 Å². The van der Waals surface area contributed by atoms with E-state index in [0.29, 0.717) is 38.7 Å². The van der Waals surface area contributed by atoms with Crippen LogP contribution in [0.1, 0.15) is 126 Å². The molecule has 82 heavy (non-hydrogen) atoms. The van der Waals surface area contributed by atoms with Crippen LogP contribution in [-0.4, -0.2) is 133 Å². The predicted molar refractivity (Wildman–Crippen MR) is 315 cm³/mol. The second-order valence-corrected chi connectivity index (χ2v) is 24.0. The molecule has 0 bridgehead atoms. The lowest BCUT2D eigenvalue weighted by atomic mass is 9.82. The Morgan fingerprint density at radius 1 is 0.720 bits per heavy atom. The van der Waals surface area contributed by atoms with Crippen molar-refractivity contribution in [3.63, 3.8) is 0 Å². The molecule has 11 rings (SSSR count). The molecule has 0 spiro atoms. The Labute approximate surface area is 487 Å². The van der Waals surface area contributed by atoms with E-state index in [9.17, 15) is 9.59 Å². The van der Waals surface area contributed by atoms with Gasteiger partial charge in [-0.25, -0.2) is 34.1 Å². The second-order valence-electron chi connectivity index (χ2n) is 23.1. The summed E-state index contributed by atoms with van der Waals surface area (Å²) in [5.41, 5.74) is 3.34. The molecule has 0 aliphatic carbocycles. The van der Waals surface area contributed by atoms with Crippen LogP contribution < -0.4 is 14.9 Å². The first-order valence-corrected chi connectivity index (χ1v) is 28.6. The summed E-state index contributed by atoms with van der Waals surface area (Å²) in [6, 6.07) is 12.4. The third-order valence-corrected chi connectivity index (χ3v) is 15.4. The minimum absolute atomic E-state index is 0.173. The summed E-state index contributed by atoms with van der Waals surface area (Å²) in [4.78, 5) is 52.7. The van der Waals surface area contributed by atoms with Crippen molar-refractivity contribution >= 4 is 52.4 Å². The van der Waals surface area contributed by atoms with Crippen LogP contribution in [0.15, 0.2) is 75.6 Å². The number of carbonyl (C=O) groups excluding carboxylic acids is 2. The van der Waals surface area contributed by atoms with Gasteiger partial charge in [-0.1, -0.05) is 22.0 Å². The van der Waals surface area contributed by atoms with Crippen LogP contribution in [0.3, 0.4) is 0 Å². The Kier molecular flexibility index (Phi) is 16.7. The fourth-order valence-electron chi connectivity index (χ4n) is 9.45. The average molecular weight is 1190 g/mol. The number of carbonyl (C=O) groups is 2. The van der Waals surface area contributed by atoms with Crippen LogP contribution in [0.25, 0.3) is 45.8 Å². The van der Waals surface area contributed by atoms with Gasteiger partial charge in [0.1, 0.15) is 64.8 Å². The van der Waals surface area contributed by atoms with E-state index in [-0.39, 0.29) is 24.0 Å². The summed E-state index contributed by atoms with van der Waals surface area (Å²) < 4.78 is 44.9. The number of rotatable bonds is 12. The molecule has 1 unspecified atom stereocenters. The van der Waals surface area contributed by atoms with Crippen molar-refractivity contribution in [1.29, 1.82) is 0 Å². The highest BCUT2D eigenvalue weighted by molar-refractivity contribution is 9.10. The van der Waals surface area contributed by atoms with Gasteiger partial charge in [-0.3, -0.25) is 19.5 Å². The van der Waals surface area contributed by atoms with Crippen LogP contribution >= 0.6 is 15.9 Å². The van der Waals surface area contributed by atoms with Gasteiger partial charge in [-0.15, -0.1) is 0 Å². The Hall–Kier alpha value is -7.31. The predicted octanol–water partition coefficient (Wildman–Crippen LogP) is 9.21. The molecule has 7 aromatic rings. The first kappa shape index (κ1) is 59.3. The van der Waals surface area contributed by atoms with E-state index in [1.165, 1.54) is 0 Å². The molecule has 24 heteroatoms. The average Bonchev–Trinajstić information content (AvgIpc) is 4.46. The molecule has 4 aliphatic heterocycles. The van der Waals surface area contributed by atoms with Gasteiger partial charge in [0.15, 0.2) is 23.4 Å². The van der Waals surface area contributed by atoms with Crippen molar-refractivity contribution < 1.29 is 37.8 Å². The van der Waals surface area contributed by atoms with E-state index in [0.717, 1.165) is 91.0 Å². The van der Waals surface area contributed by atoms with Gasteiger partial charge in [-0.2, -0.15) is 15.3 Å². The summed E-state index contributed by atoms with van der Waals surface area (Å²) in [5.74, 6) is 5.72. The molecule has 0 N–H and O–H groups in total. The number of hydrogen-bond acceptors (Lipinski definition) is 17. The molecule has 434 valence electrons. The molecule has 2 aromatic carbocycles. The number of aromatic nitrogens is 12. The van der Waals surface area contributed by atoms with Crippen molar-refractivity contribution in [2.45, 2.75) is 159 Å². The maximum atomic E-state index is 12.4. The van der Waals surface area contributed by atoms with E-state index >= 15 is 0 Å². The molecular formula is C58H74BBrN14O8. The molecule has 9 heterocycles. The van der Waals surface area contributed by atoms with E-state index in [4.69, 9.17) is 43.2 Å². The Bertz CT molecular complexity index is 3550. The van der Waals surface area contributed by atoms with Crippen molar-refractivity contribution in [3.05, 3.63) is 82.9 Å². The lowest BCUT2D eigenvalue weighted by molar-refractivity contribution is -0.154. The maximum absolute atomic E-state index is 12.4. The van der Waals surface area contributed by atoms with Crippen LogP contribution in [-0.2, 0) is 47.0 Å². The Morgan fingerprint density at radius 3 is 1.76 bits per heavy atom. The number of aryl methyl sites for hydroxylation is 2.